The summed E-state index contributed by atoms with van der Waals surface area (Å²) in [7, 11) is 0. The molecule has 1 heterocycles. The van der Waals surface area contributed by atoms with Crippen molar-refractivity contribution in [2.24, 2.45) is 0 Å². The fraction of sp³-hybridized carbons (Fsp3) is 0.300. The van der Waals surface area contributed by atoms with Crippen molar-refractivity contribution in [3.63, 3.8) is 0 Å². The summed E-state index contributed by atoms with van der Waals surface area (Å²) in [6.45, 7) is 5.99. The Bertz CT molecular complexity index is 817. The van der Waals surface area contributed by atoms with E-state index >= 15 is 0 Å². The molecular weight excluding hydrogens is 319 g/mol. The van der Waals surface area contributed by atoms with E-state index in [0.29, 0.717) is 17.7 Å². The Labute approximate surface area is 146 Å². The number of carbonyl (C=O) groups excluding carboxylic acids is 2. The van der Waals surface area contributed by atoms with E-state index in [4.69, 9.17) is 0 Å². The maximum absolute atomic E-state index is 13.4. The van der Waals surface area contributed by atoms with Crippen LogP contribution >= 0.6 is 0 Å². The highest BCUT2D eigenvalue weighted by atomic mass is 19.1. The van der Waals surface area contributed by atoms with Crippen LogP contribution in [0.1, 0.15) is 28.4 Å². The number of carbonyl (C=O) groups is 2. The molecule has 130 valence electrons. The van der Waals surface area contributed by atoms with Gasteiger partial charge in [0.15, 0.2) is 0 Å². The summed E-state index contributed by atoms with van der Waals surface area (Å²) in [5.74, 6) is -0.702. The van der Waals surface area contributed by atoms with Crippen LogP contribution in [0.2, 0.25) is 0 Å². The highest BCUT2D eigenvalue weighted by Crippen LogP contribution is 2.22. The van der Waals surface area contributed by atoms with Gasteiger partial charge in [0.25, 0.3) is 5.91 Å². The predicted molar refractivity (Wildman–Crippen MR) is 95.2 cm³/mol. The normalized spacial score (nSPS) is 17.8. The fourth-order valence-corrected chi connectivity index (χ4v) is 3.04. The lowest BCUT2D eigenvalue weighted by molar-refractivity contribution is -0.121. The molecule has 1 fully saturated rings. The van der Waals surface area contributed by atoms with Crippen LogP contribution in [0.3, 0.4) is 0 Å². The van der Waals surface area contributed by atoms with Gasteiger partial charge < -0.3 is 9.80 Å². The van der Waals surface area contributed by atoms with Crippen LogP contribution in [0, 0.1) is 19.7 Å². The van der Waals surface area contributed by atoms with Crippen LogP contribution < -0.4 is 4.90 Å². The van der Waals surface area contributed by atoms with Crippen LogP contribution in [0.15, 0.2) is 42.5 Å². The first-order valence-corrected chi connectivity index (χ1v) is 8.31. The summed E-state index contributed by atoms with van der Waals surface area (Å²) in [4.78, 5) is 28.6. The molecule has 25 heavy (non-hydrogen) atoms. The van der Waals surface area contributed by atoms with Crippen molar-refractivity contribution in [2.45, 2.75) is 26.8 Å². The van der Waals surface area contributed by atoms with Crippen molar-refractivity contribution in [1.29, 1.82) is 0 Å². The van der Waals surface area contributed by atoms with Gasteiger partial charge in [-0.25, -0.2) is 4.39 Å². The molecule has 2 amide bonds. The highest BCUT2D eigenvalue weighted by molar-refractivity contribution is 6.02. The Balaban J connectivity index is 1.79. The summed E-state index contributed by atoms with van der Waals surface area (Å²) in [5.41, 5.74) is 2.79. The molecule has 1 aliphatic heterocycles. The molecule has 0 spiro atoms. The van der Waals surface area contributed by atoms with Gasteiger partial charge >= 0.3 is 0 Å². The van der Waals surface area contributed by atoms with E-state index in [1.807, 2.05) is 38.1 Å². The highest BCUT2D eigenvalue weighted by Gasteiger charge is 2.33. The average molecular weight is 340 g/mol. The molecule has 2 aromatic rings. The molecule has 0 unspecified atom stereocenters. The minimum Gasteiger partial charge on any atom is -0.325 e. The summed E-state index contributed by atoms with van der Waals surface area (Å²) in [6, 6.07) is 11.9. The number of nitrogens with zero attached hydrogens (tertiary/aromatic N) is 2. The SMILES string of the molecule is Cc1ccc(N2C[C@@H](C)N(C(=O)c3ccc(F)c(C)c3)CC2=O)cc1. The number of aryl methyl sites for hydroxylation is 2. The first-order chi connectivity index (χ1) is 11.9. The van der Waals surface area contributed by atoms with E-state index in [9.17, 15) is 14.0 Å². The van der Waals surface area contributed by atoms with E-state index in [0.717, 1.165) is 11.3 Å². The van der Waals surface area contributed by atoms with Gasteiger partial charge in [0.1, 0.15) is 12.4 Å². The van der Waals surface area contributed by atoms with Crippen LogP contribution in [0.5, 0.6) is 0 Å². The Kier molecular flexibility index (Phi) is 4.57. The van der Waals surface area contributed by atoms with Crippen molar-refractivity contribution in [1.82, 2.24) is 4.90 Å². The molecule has 3 rings (SSSR count). The van der Waals surface area contributed by atoms with E-state index in [1.165, 1.54) is 18.2 Å². The van der Waals surface area contributed by atoms with Gasteiger partial charge in [-0.3, -0.25) is 9.59 Å². The molecule has 1 aliphatic rings. The molecule has 0 bridgehead atoms. The Hall–Kier alpha value is -2.69. The molecule has 0 aliphatic carbocycles. The lowest BCUT2D eigenvalue weighted by Gasteiger charge is -2.39. The van der Waals surface area contributed by atoms with Crippen molar-refractivity contribution in [3.8, 4) is 0 Å². The number of halogens is 1. The second kappa shape index (κ2) is 6.67. The number of amides is 2. The summed E-state index contributed by atoms with van der Waals surface area (Å²) in [5, 5.41) is 0. The zero-order valence-corrected chi connectivity index (χ0v) is 14.6. The largest absolute Gasteiger partial charge is 0.325 e. The minimum atomic E-state index is -0.343. The first-order valence-electron chi connectivity index (χ1n) is 8.31. The molecule has 1 saturated heterocycles. The van der Waals surface area contributed by atoms with E-state index in [1.54, 1.807) is 16.7 Å². The lowest BCUT2D eigenvalue weighted by atomic mass is 10.1. The monoisotopic (exact) mass is 340 g/mol. The molecule has 0 saturated carbocycles. The van der Waals surface area contributed by atoms with Crippen LogP contribution in [-0.4, -0.2) is 35.8 Å². The Morgan fingerprint density at radius 2 is 1.80 bits per heavy atom. The lowest BCUT2D eigenvalue weighted by Crippen LogP contribution is -2.57. The van der Waals surface area contributed by atoms with Crippen molar-refractivity contribution < 1.29 is 14.0 Å². The second-order valence-electron chi connectivity index (χ2n) is 6.59. The molecule has 1 atom stereocenters. The molecular formula is C20H21FN2O2. The number of benzene rings is 2. The van der Waals surface area contributed by atoms with Gasteiger partial charge in [0, 0.05) is 23.8 Å². The summed E-state index contributed by atoms with van der Waals surface area (Å²) < 4.78 is 13.4. The Morgan fingerprint density at radius 3 is 2.44 bits per heavy atom. The van der Waals surface area contributed by atoms with E-state index in [2.05, 4.69) is 0 Å². The topological polar surface area (TPSA) is 40.6 Å². The quantitative estimate of drug-likeness (QED) is 0.841. The third-order valence-corrected chi connectivity index (χ3v) is 4.60. The number of hydrogen-bond acceptors (Lipinski definition) is 2. The fourth-order valence-electron chi connectivity index (χ4n) is 3.04. The second-order valence-corrected chi connectivity index (χ2v) is 6.59. The molecule has 0 radical (unpaired) electrons. The maximum Gasteiger partial charge on any atom is 0.254 e. The molecule has 4 nitrogen and oxygen atoms in total. The molecule has 0 aromatic heterocycles. The predicted octanol–water partition coefficient (Wildman–Crippen LogP) is 3.32. The van der Waals surface area contributed by atoms with Gasteiger partial charge in [0.2, 0.25) is 5.91 Å². The summed E-state index contributed by atoms with van der Waals surface area (Å²) in [6.07, 6.45) is 0. The van der Waals surface area contributed by atoms with Gasteiger partial charge in [0.05, 0.1) is 0 Å². The Morgan fingerprint density at radius 1 is 1.12 bits per heavy atom. The number of piperazine rings is 1. The van der Waals surface area contributed by atoms with Gasteiger partial charge in [-0.05, 0) is 56.7 Å². The van der Waals surface area contributed by atoms with Crippen molar-refractivity contribution in [3.05, 3.63) is 65.0 Å². The van der Waals surface area contributed by atoms with E-state index in [-0.39, 0.29) is 30.2 Å². The number of anilines is 1. The van der Waals surface area contributed by atoms with Crippen LogP contribution in [0.25, 0.3) is 0 Å². The minimum absolute atomic E-state index is 0.0182. The standard InChI is InChI=1S/C20H21FN2O2/c1-13-4-7-17(8-5-13)23-11-15(3)22(12-19(23)24)20(25)16-6-9-18(21)14(2)10-16/h4-10,15H,11-12H2,1-3H3/t15-/m1/s1. The number of rotatable bonds is 2. The number of hydrogen-bond donors (Lipinski definition) is 0. The third kappa shape index (κ3) is 3.40. The first kappa shape index (κ1) is 17.1. The van der Waals surface area contributed by atoms with Gasteiger partial charge in [-0.15, -0.1) is 0 Å². The summed E-state index contributed by atoms with van der Waals surface area (Å²) >= 11 is 0. The van der Waals surface area contributed by atoms with E-state index < -0.39 is 0 Å². The van der Waals surface area contributed by atoms with Crippen LogP contribution in [0.4, 0.5) is 10.1 Å². The molecule has 2 aromatic carbocycles. The smallest absolute Gasteiger partial charge is 0.254 e. The molecule has 0 N–H and O–H groups in total. The van der Waals surface area contributed by atoms with Crippen LogP contribution in [-0.2, 0) is 4.79 Å². The maximum atomic E-state index is 13.4. The average Bonchev–Trinajstić information content (AvgIpc) is 2.59. The zero-order valence-electron chi connectivity index (χ0n) is 14.6. The van der Waals surface area contributed by atoms with Crippen molar-refractivity contribution in [2.75, 3.05) is 18.0 Å². The van der Waals surface area contributed by atoms with Crippen molar-refractivity contribution >= 4 is 17.5 Å². The van der Waals surface area contributed by atoms with Gasteiger partial charge in [-0.1, -0.05) is 17.7 Å². The molecule has 5 heteroatoms. The van der Waals surface area contributed by atoms with Gasteiger partial charge in [-0.2, -0.15) is 0 Å². The zero-order chi connectivity index (χ0) is 18.1. The third-order valence-electron chi connectivity index (χ3n) is 4.60.